The molecule has 2 heterocycles. The second kappa shape index (κ2) is 8.05. The number of hydrogen-bond acceptors (Lipinski definition) is 7. The lowest BCUT2D eigenvalue weighted by atomic mass is 10.2. The molecular weight excluding hydrogens is 356 g/mol. The monoisotopic (exact) mass is 374 g/mol. The summed E-state index contributed by atoms with van der Waals surface area (Å²) in [7, 11) is 0. The van der Waals surface area contributed by atoms with Crippen molar-refractivity contribution in [1.29, 1.82) is 0 Å². The average Bonchev–Trinajstić information content (AvgIpc) is 2.99. The zero-order valence-electron chi connectivity index (χ0n) is 13.9. The number of rotatable bonds is 6. The smallest absolute Gasteiger partial charge is 0.349 e. The third kappa shape index (κ3) is 4.23. The van der Waals surface area contributed by atoms with Gasteiger partial charge in [-0.25, -0.2) is 9.59 Å². The van der Waals surface area contributed by atoms with Crippen molar-refractivity contribution in [2.24, 2.45) is 0 Å². The first kappa shape index (κ1) is 18.0. The van der Waals surface area contributed by atoms with Crippen LogP contribution in [-0.4, -0.2) is 50.6 Å². The zero-order chi connectivity index (χ0) is 18.5. The number of nitrogens with two attached hydrogens (primary N) is 1. The summed E-state index contributed by atoms with van der Waals surface area (Å²) < 4.78 is 6.72. The lowest BCUT2D eigenvalue weighted by Gasteiger charge is -2.23. The number of carbonyl (C=O) groups excluding carboxylic acids is 2. The minimum atomic E-state index is -0.462. The van der Waals surface area contributed by atoms with E-state index in [1.54, 1.807) is 35.4 Å². The van der Waals surface area contributed by atoms with Gasteiger partial charge < -0.3 is 15.4 Å². The van der Waals surface area contributed by atoms with Crippen LogP contribution < -0.4 is 11.4 Å². The average molecular weight is 374 g/mol. The second-order valence-electron chi connectivity index (χ2n) is 5.65. The molecule has 2 aromatic rings. The number of hydrogen-bond donors (Lipinski definition) is 1. The normalized spacial score (nSPS) is 16.7. The summed E-state index contributed by atoms with van der Waals surface area (Å²) in [6.45, 7) is 0.714. The predicted octanol–water partition coefficient (Wildman–Crippen LogP) is 0.584. The summed E-state index contributed by atoms with van der Waals surface area (Å²) in [6.07, 6.45) is 1.54. The number of carbonyl (C=O) groups is 2. The quantitative estimate of drug-likeness (QED) is 0.737. The molecule has 1 aromatic carbocycles. The SMILES string of the molecule is Nc1ccn(CCN2C(=O)CS[C@@H]2COC(=O)c2ccccc2)c(=O)n1. The van der Waals surface area contributed by atoms with E-state index >= 15 is 0 Å². The highest BCUT2D eigenvalue weighted by Gasteiger charge is 2.32. The van der Waals surface area contributed by atoms with Crippen molar-refractivity contribution in [2.75, 3.05) is 24.6 Å². The molecule has 1 aliphatic rings. The highest BCUT2D eigenvalue weighted by atomic mass is 32.2. The molecule has 9 heteroatoms. The molecule has 1 atom stereocenters. The maximum Gasteiger partial charge on any atom is 0.349 e. The Morgan fingerprint density at radius 3 is 2.73 bits per heavy atom. The molecular formula is C17H18N4O4S. The molecule has 3 rings (SSSR count). The first-order valence-corrected chi connectivity index (χ1v) is 9.05. The predicted molar refractivity (Wildman–Crippen MR) is 97.6 cm³/mol. The number of esters is 1. The molecule has 1 amide bonds. The molecule has 1 aromatic heterocycles. The Morgan fingerprint density at radius 1 is 1.23 bits per heavy atom. The third-order valence-electron chi connectivity index (χ3n) is 3.91. The fraction of sp³-hybridized carbons (Fsp3) is 0.294. The van der Waals surface area contributed by atoms with Gasteiger partial charge >= 0.3 is 11.7 Å². The van der Waals surface area contributed by atoms with E-state index in [-0.39, 0.29) is 23.7 Å². The van der Waals surface area contributed by atoms with Crippen LogP contribution in [0.25, 0.3) is 0 Å². The Hall–Kier alpha value is -2.81. The van der Waals surface area contributed by atoms with Crippen molar-refractivity contribution in [3.63, 3.8) is 0 Å². The molecule has 1 fully saturated rings. The van der Waals surface area contributed by atoms with Gasteiger partial charge in [-0.3, -0.25) is 9.36 Å². The van der Waals surface area contributed by atoms with Crippen LogP contribution >= 0.6 is 11.8 Å². The van der Waals surface area contributed by atoms with E-state index < -0.39 is 11.7 Å². The summed E-state index contributed by atoms with van der Waals surface area (Å²) in [5.74, 6) is 0.00374. The van der Waals surface area contributed by atoms with Crippen LogP contribution in [0.1, 0.15) is 10.4 Å². The van der Waals surface area contributed by atoms with E-state index in [1.807, 2.05) is 6.07 Å². The topological polar surface area (TPSA) is 108 Å². The van der Waals surface area contributed by atoms with Crippen LogP contribution in [0.5, 0.6) is 0 Å². The van der Waals surface area contributed by atoms with Gasteiger partial charge in [0.1, 0.15) is 17.8 Å². The third-order valence-corrected chi connectivity index (χ3v) is 5.10. The molecule has 1 aliphatic heterocycles. The number of aromatic nitrogens is 2. The second-order valence-corrected chi connectivity index (χ2v) is 6.81. The van der Waals surface area contributed by atoms with Gasteiger partial charge in [-0.15, -0.1) is 11.8 Å². The number of nitrogen functional groups attached to an aromatic ring is 1. The standard InChI is InChI=1S/C17H18N4O4S/c18-13-6-7-20(17(24)19-13)8-9-21-14(22)11-26-15(21)10-25-16(23)12-4-2-1-3-5-12/h1-7,15H,8-11H2,(H2,18,19,24)/t15-/m1/s1. The molecule has 0 aliphatic carbocycles. The highest BCUT2D eigenvalue weighted by Crippen LogP contribution is 2.25. The number of amides is 1. The Kier molecular flexibility index (Phi) is 5.57. The van der Waals surface area contributed by atoms with Gasteiger partial charge in [-0.2, -0.15) is 4.98 Å². The van der Waals surface area contributed by atoms with Crippen LogP contribution in [0, 0.1) is 0 Å². The molecule has 0 spiro atoms. The largest absolute Gasteiger partial charge is 0.459 e. The molecule has 1 saturated heterocycles. The van der Waals surface area contributed by atoms with Gasteiger partial charge in [0, 0.05) is 19.3 Å². The highest BCUT2D eigenvalue weighted by molar-refractivity contribution is 8.01. The molecule has 8 nitrogen and oxygen atoms in total. The van der Waals surface area contributed by atoms with Gasteiger partial charge in [0.25, 0.3) is 0 Å². The van der Waals surface area contributed by atoms with Crippen LogP contribution in [0.4, 0.5) is 5.82 Å². The van der Waals surface area contributed by atoms with Gasteiger partial charge in [0.05, 0.1) is 11.3 Å². The number of thioether (sulfide) groups is 1. The number of benzene rings is 1. The first-order chi connectivity index (χ1) is 12.5. The van der Waals surface area contributed by atoms with Gasteiger partial charge in [0.2, 0.25) is 5.91 Å². The minimum Gasteiger partial charge on any atom is -0.459 e. The maximum absolute atomic E-state index is 12.1. The molecule has 26 heavy (non-hydrogen) atoms. The van der Waals surface area contributed by atoms with E-state index in [9.17, 15) is 14.4 Å². The van der Waals surface area contributed by atoms with Gasteiger partial charge in [-0.1, -0.05) is 18.2 Å². The Bertz CT molecular complexity index is 855. The fourth-order valence-electron chi connectivity index (χ4n) is 2.54. The van der Waals surface area contributed by atoms with Crippen LogP contribution in [0.2, 0.25) is 0 Å². The summed E-state index contributed by atoms with van der Waals surface area (Å²) in [5.41, 5.74) is 5.47. The lowest BCUT2D eigenvalue weighted by Crippen LogP contribution is -2.39. The van der Waals surface area contributed by atoms with Crippen molar-refractivity contribution in [1.82, 2.24) is 14.5 Å². The summed E-state index contributed by atoms with van der Waals surface area (Å²) in [4.78, 5) is 41.2. The number of anilines is 1. The van der Waals surface area contributed by atoms with Crippen LogP contribution in [-0.2, 0) is 16.1 Å². The Morgan fingerprint density at radius 2 is 2.00 bits per heavy atom. The fourth-order valence-corrected chi connectivity index (χ4v) is 3.61. The van der Waals surface area contributed by atoms with Crippen LogP contribution in [0.15, 0.2) is 47.4 Å². The van der Waals surface area contributed by atoms with E-state index in [1.165, 1.54) is 22.4 Å². The molecule has 0 saturated carbocycles. The molecule has 0 radical (unpaired) electrons. The molecule has 2 N–H and O–H groups in total. The lowest BCUT2D eigenvalue weighted by molar-refractivity contribution is -0.128. The number of ether oxygens (including phenoxy) is 1. The first-order valence-electron chi connectivity index (χ1n) is 8.01. The summed E-state index contributed by atoms with van der Waals surface area (Å²) >= 11 is 1.41. The van der Waals surface area contributed by atoms with E-state index in [0.717, 1.165) is 0 Å². The maximum atomic E-state index is 12.1. The van der Waals surface area contributed by atoms with Gasteiger partial charge in [-0.05, 0) is 18.2 Å². The zero-order valence-corrected chi connectivity index (χ0v) is 14.7. The molecule has 0 bridgehead atoms. The van der Waals surface area contributed by atoms with Crippen molar-refractivity contribution in [3.05, 3.63) is 58.6 Å². The molecule has 0 unspecified atom stereocenters. The summed E-state index contributed by atoms with van der Waals surface area (Å²) in [6, 6.07) is 10.2. The summed E-state index contributed by atoms with van der Waals surface area (Å²) in [5, 5.41) is -0.271. The molecule has 136 valence electrons. The van der Waals surface area contributed by atoms with Crippen molar-refractivity contribution in [3.8, 4) is 0 Å². The van der Waals surface area contributed by atoms with Gasteiger partial charge in [0.15, 0.2) is 0 Å². The Labute approximate surface area is 154 Å². The van der Waals surface area contributed by atoms with E-state index in [2.05, 4.69) is 4.98 Å². The van der Waals surface area contributed by atoms with Crippen LogP contribution in [0.3, 0.4) is 0 Å². The Balaban J connectivity index is 1.58. The van der Waals surface area contributed by atoms with Crippen molar-refractivity contribution >= 4 is 29.5 Å². The van der Waals surface area contributed by atoms with Crippen molar-refractivity contribution < 1.29 is 14.3 Å². The van der Waals surface area contributed by atoms with Crippen molar-refractivity contribution in [2.45, 2.75) is 11.9 Å². The number of nitrogens with zero attached hydrogens (tertiary/aromatic N) is 3. The van der Waals surface area contributed by atoms with E-state index in [0.29, 0.717) is 24.4 Å². The van der Waals surface area contributed by atoms with E-state index in [4.69, 9.17) is 10.5 Å². The minimum absolute atomic E-state index is 0.0489.